The number of unbranched alkanes of at least 4 members (excludes halogenated alkanes) is 1. The highest BCUT2D eigenvalue weighted by Gasteiger charge is 1.86. The van der Waals surface area contributed by atoms with E-state index in [0.717, 1.165) is 5.75 Å². The fourth-order valence-corrected chi connectivity index (χ4v) is 0.650. The van der Waals surface area contributed by atoms with Gasteiger partial charge in [0.25, 0.3) is 0 Å². The lowest BCUT2D eigenvalue weighted by Crippen LogP contribution is -1.75. The second-order valence-corrected chi connectivity index (χ2v) is 1.90. The summed E-state index contributed by atoms with van der Waals surface area (Å²) < 4.78 is 6.62. The lowest BCUT2D eigenvalue weighted by atomic mass is 10.4. The predicted octanol–water partition coefficient (Wildman–Crippen LogP) is 1.63. The maximum Gasteiger partial charge on any atom is 0.307 e. The van der Waals surface area contributed by atoms with Crippen molar-refractivity contribution in [1.29, 1.82) is 4.78 Å². The van der Waals surface area contributed by atoms with Crippen LogP contribution in [0.2, 0.25) is 0 Å². The van der Waals surface area contributed by atoms with Gasteiger partial charge < -0.3 is 0 Å². The quantitative estimate of drug-likeness (QED) is 0.415. The van der Waals surface area contributed by atoms with Crippen LogP contribution in [-0.2, 0) is 11.6 Å². The van der Waals surface area contributed by atoms with E-state index in [-0.39, 0.29) is 0 Å². The molecule has 0 aromatic heterocycles. The monoisotopic (exact) mass is 104 g/mol. The molecule has 0 unspecified atom stereocenters. The van der Waals surface area contributed by atoms with Crippen LogP contribution in [0.4, 0.5) is 0 Å². The zero-order valence-corrected chi connectivity index (χ0v) is 4.85. The van der Waals surface area contributed by atoms with Crippen molar-refractivity contribution in [3.05, 3.63) is 0 Å². The first-order valence-corrected chi connectivity index (χ1v) is 3.19. The second kappa shape index (κ2) is 5.02. The molecule has 0 radical (unpaired) electrons. The van der Waals surface area contributed by atoms with Crippen molar-refractivity contribution in [2.75, 3.05) is 5.75 Å². The van der Waals surface area contributed by atoms with Crippen LogP contribution in [-0.4, -0.2) is 5.75 Å². The van der Waals surface area contributed by atoms with Crippen molar-refractivity contribution >= 4 is 11.6 Å². The normalized spacial score (nSPS) is 8.17. The molecule has 0 saturated carbocycles. The lowest BCUT2D eigenvalue weighted by Gasteiger charge is -1.71. The molecular weight excluding hydrogens is 94.1 g/mol. The first kappa shape index (κ1) is 6.02. The summed E-state index contributed by atoms with van der Waals surface area (Å²) in [5.41, 5.74) is 0. The van der Waals surface area contributed by atoms with Crippen molar-refractivity contribution in [2.45, 2.75) is 19.8 Å². The molecule has 0 aliphatic rings. The fraction of sp³-hybridized carbons (Fsp3) is 1.00. The van der Waals surface area contributed by atoms with Gasteiger partial charge in [-0.1, -0.05) is 13.3 Å². The van der Waals surface area contributed by atoms with E-state index in [0.29, 0.717) is 0 Å². The summed E-state index contributed by atoms with van der Waals surface area (Å²) in [5.74, 6) is 0.997. The molecule has 2 heteroatoms. The summed E-state index contributed by atoms with van der Waals surface area (Å²) >= 11 is 1.18. The summed E-state index contributed by atoms with van der Waals surface area (Å²) in [4.78, 5) is 0. The van der Waals surface area contributed by atoms with Crippen molar-refractivity contribution in [2.24, 2.45) is 0 Å². The third kappa shape index (κ3) is 4.02. The van der Waals surface area contributed by atoms with Crippen molar-refractivity contribution in [3.8, 4) is 0 Å². The summed E-state index contributed by atoms with van der Waals surface area (Å²) in [5, 5.41) is 0. The van der Waals surface area contributed by atoms with Gasteiger partial charge >= 0.3 is 11.6 Å². The molecule has 0 rings (SSSR count). The minimum Gasteiger partial charge on any atom is -0.0652 e. The summed E-state index contributed by atoms with van der Waals surface area (Å²) in [7, 11) is 0. The van der Waals surface area contributed by atoms with E-state index in [1.165, 1.54) is 24.4 Å². The Morgan fingerprint density at radius 3 is 2.50 bits per heavy atom. The molecule has 0 atom stereocenters. The smallest absolute Gasteiger partial charge is 0.0652 e. The van der Waals surface area contributed by atoms with Crippen LogP contribution in [0.25, 0.3) is 0 Å². The molecule has 1 nitrogen and oxygen atoms in total. The first-order valence-electron chi connectivity index (χ1n) is 2.20. The molecule has 0 heterocycles. The summed E-state index contributed by atoms with van der Waals surface area (Å²) in [6.45, 7) is 2.14. The third-order valence-electron chi connectivity index (χ3n) is 0.600. The Morgan fingerprint density at radius 2 is 2.33 bits per heavy atom. The molecule has 0 spiro atoms. The van der Waals surface area contributed by atoms with Crippen LogP contribution in [0.1, 0.15) is 19.8 Å². The van der Waals surface area contributed by atoms with Crippen molar-refractivity contribution in [1.82, 2.24) is 0 Å². The van der Waals surface area contributed by atoms with Crippen LogP contribution in [0.5, 0.6) is 0 Å². The van der Waals surface area contributed by atoms with Gasteiger partial charge in [-0.3, -0.25) is 0 Å². The standard InChI is InChI=1S/C4H10NS/c1-2-3-4-6-5/h5H,2-4H2,1H3/q+1. The molecule has 6 heavy (non-hydrogen) atoms. The summed E-state index contributed by atoms with van der Waals surface area (Å²) in [6, 6.07) is 0. The zero-order valence-electron chi connectivity index (χ0n) is 4.03. The predicted molar refractivity (Wildman–Crippen MR) is 29.9 cm³/mol. The third-order valence-corrected chi connectivity index (χ3v) is 1.09. The molecule has 0 amide bonds. The Balaban J connectivity index is 2.49. The van der Waals surface area contributed by atoms with Crippen LogP contribution in [0, 0.1) is 4.78 Å². The molecule has 0 aliphatic carbocycles. The van der Waals surface area contributed by atoms with Gasteiger partial charge in [0.05, 0.1) is 0 Å². The van der Waals surface area contributed by atoms with Gasteiger partial charge in [0.15, 0.2) is 0 Å². The average Bonchev–Trinajstić information content (AvgIpc) is 1.61. The highest BCUT2D eigenvalue weighted by atomic mass is 32.1. The SMILES string of the molecule is CCCC[S+]=N. The zero-order chi connectivity index (χ0) is 4.83. The summed E-state index contributed by atoms with van der Waals surface area (Å²) in [6.07, 6.45) is 2.40. The van der Waals surface area contributed by atoms with E-state index in [2.05, 4.69) is 6.92 Å². The topological polar surface area (TPSA) is 23.9 Å². The minimum absolute atomic E-state index is 0.997. The largest absolute Gasteiger partial charge is 0.307 e. The number of hydrogen-bond acceptors (Lipinski definition) is 1. The van der Waals surface area contributed by atoms with Gasteiger partial charge in [0.2, 0.25) is 5.75 Å². The highest BCUT2D eigenvalue weighted by Crippen LogP contribution is 1.82. The van der Waals surface area contributed by atoms with Crippen LogP contribution in [0.15, 0.2) is 0 Å². The van der Waals surface area contributed by atoms with E-state index in [1.807, 2.05) is 0 Å². The lowest BCUT2D eigenvalue weighted by molar-refractivity contribution is 0.896. The van der Waals surface area contributed by atoms with Crippen molar-refractivity contribution in [3.63, 3.8) is 0 Å². The second-order valence-electron chi connectivity index (χ2n) is 1.20. The molecule has 36 valence electrons. The van der Waals surface area contributed by atoms with E-state index in [9.17, 15) is 0 Å². The van der Waals surface area contributed by atoms with Crippen LogP contribution in [0.3, 0.4) is 0 Å². The van der Waals surface area contributed by atoms with Gasteiger partial charge in [-0.15, -0.1) is 0 Å². The number of hydrogen-bond donors (Lipinski definition) is 1. The maximum atomic E-state index is 6.62. The van der Waals surface area contributed by atoms with Gasteiger partial charge in [-0.2, -0.15) is 0 Å². The van der Waals surface area contributed by atoms with Gasteiger partial charge in [-0.05, 0) is 4.78 Å². The fourth-order valence-electron chi connectivity index (χ4n) is 0.217. The van der Waals surface area contributed by atoms with Crippen LogP contribution < -0.4 is 0 Å². The van der Waals surface area contributed by atoms with E-state index >= 15 is 0 Å². The number of rotatable bonds is 3. The maximum absolute atomic E-state index is 6.62. The van der Waals surface area contributed by atoms with Gasteiger partial charge in [-0.25, -0.2) is 0 Å². The Bertz CT molecular complexity index is 36.5. The van der Waals surface area contributed by atoms with Gasteiger partial charge in [0.1, 0.15) is 0 Å². The molecule has 0 bridgehead atoms. The molecule has 0 aromatic carbocycles. The minimum atomic E-state index is 0.997. The molecule has 0 fully saturated rings. The van der Waals surface area contributed by atoms with E-state index < -0.39 is 0 Å². The number of nitrogens with one attached hydrogen (secondary N) is 1. The molecule has 0 aliphatic heterocycles. The van der Waals surface area contributed by atoms with Crippen molar-refractivity contribution < 1.29 is 0 Å². The van der Waals surface area contributed by atoms with E-state index in [4.69, 9.17) is 4.78 Å². The Hall–Kier alpha value is 0.0200. The average molecular weight is 104 g/mol. The molecule has 1 N–H and O–H groups in total. The van der Waals surface area contributed by atoms with E-state index in [1.54, 1.807) is 0 Å². The van der Waals surface area contributed by atoms with Crippen LogP contribution >= 0.6 is 0 Å². The van der Waals surface area contributed by atoms with Gasteiger partial charge in [0, 0.05) is 6.42 Å². The Labute approximate surface area is 42.7 Å². The Kier molecular flexibility index (Phi) is 5.04. The first-order chi connectivity index (χ1) is 2.91. The highest BCUT2D eigenvalue weighted by molar-refractivity contribution is 7.66. The molecular formula is C4H10NS+. The molecule has 0 aromatic rings. The molecule has 0 saturated heterocycles. The Morgan fingerprint density at radius 1 is 1.67 bits per heavy atom.